The first-order chi connectivity index (χ1) is 14.0. The average Bonchev–Trinajstić information content (AvgIpc) is 2.67. The van der Waals surface area contributed by atoms with Crippen LogP contribution in [0.2, 0.25) is 0 Å². The number of carbonyl (C=O) groups excluding carboxylic acids is 2. The fraction of sp³-hybridized carbons (Fsp3) is 0.263. The molecule has 2 aromatic carbocycles. The molecule has 0 bridgehead atoms. The Morgan fingerprint density at radius 3 is 2.23 bits per heavy atom. The molecule has 0 saturated heterocycles. The molecule has 0 saturated carbocycles. The highest BCUT2D eigenvalue weighted by Gasteiger charge is 2.34. The Labute approximate surface area is 171 Å². The van der Waals surface area contributed by atoms with Crippen LogP contribution in [0, 0.1) is 0 Å². The average molecular weight is 444 g/mol. The fourth-order valence-electron chi connectivity index (χ4n) is 2.40. The number of anilines is 1. The highest BCUT2D eigenvalue weighted by Crippen LogP contribution is 2.34. The normalized spacial score (nSPS) is 12.8. The summed E-state index contributed by atoms with van der Waals surface area (Å²) >= 11 is 0. The minimum absolute atomic E-state index is 0.0270. The van der Waals surface area contributed by atoms with Gasteiger partial charge in [-0.3, -0.25) is 4.79 Å². The molecule has 2 aromatic rings. The van der Waals surface area contributed by atoms with Crippen molar-refractivity contribution in [3.05, 3.63) is 59.7 Å². The number of esters is 1. The summed E-state index contributed by atoms with van der Waals surface area (Å²) in [6.07, 6.45) is -6.07. The van der Waals surface area contributed by atoms with Crippen molar-refractivity contribution in [2.75, 3.05) is 11.9 Å². The standard InChI is InChI=1S/C19H19F3N2O5S/c1-3-23-30(27,28)14-10-8-13(9-11-14)18(26)29-12(2)17(25)24-16-7-5-4-6-15(16)19(20,21)22/h4-12,23H,3H2,1-2H3,(H,24,25). The number of halogens is 3. The second-order valence-corrected chi connectivity index (χ2v) is 7.87. The summed E-state index contributed by atoms with van der Waals surface area (Å²) in [6, 6.07) is 9.20. The van der Waals surface area contributed by atoms with Crippen LogP contribution in [-0.4, -0.2) is 32.9 Å². The number of amides is 1. The highest BCUT2D eigenvalue weighted by molar-refractivity contribution is 7.89. The van der Waals surface area contributed by atoms with Gasteiger partial charge in [0.15, 0.2) is 6.10 Å². The summed E-state index contributed by atoms with van der Waals surface area (Å²) in [5.74, 6) is -1.89. The van der Waals surface area contributed by atoms with Crippen molar-refractivity contribution in [1.29, 1.82) is 0 Å². The number of carbonyl (C=O) groups is 2. The van der Waals surface area contributed by atoms with E-state index in [2.05, 4.69) is 10.0 Å². The van der Waals surface area contributed by atoms with Crippen molar-refractivity contribution in [2.45, 2.75) is 31.0 Å². The lowest BCUT2D eigenvalue weighted by Gasteiger charge is -2.17. The first kappa shape index (κ1) is 23.4. The number of alkyl halides is 3. The van der Waals surface area contributed by atoms with Gasteiger partial charge in [0.2, 0.25) is 10.0 Å². The van der Waals surface area contributed by atoms with E-state index in [9.17, 15) is 31.2 Å². The van der Waals surface area contributed by atoms with Crippen LogP contribution in [0.5, 0.6) is 0 Å². The zero-order chi connectivity index (χ0) is 22.5. The van der Waals surface area contributed by atoms with Crippen LogP contribution in [0.4, 0.5) is 18.9 Å². The van der Waals surface area contributed by atoms with Gasteiger partial charge in [-0.2, -0.15) is 13.2 Å². The third kappa shape index (κ3) is 5.80. The Balaban J connectivity index is 2.07. The predicted octanol–water partition coefficient (Wildman–Crippen LogP) is 3.19. The first-order valence-electron chi connectivity index (χ1n) is 8.73. The van der Waals surface area contributed by atoms with Crippen LogP contribution in [-0.2, 0) is 25.7 Å². The number of ether oxygens (including phenoxy) is 1. The molecule has 162 valence electrons. The molecule has 7 nitrogen and oxygen atoms in total. The fourth-order valence-corrected chi connectivity index (χ4v) is 3.44. The van der Waals surface area contributed by atoms with Crippen molar-refractivity contribution in [3.8, 4) is 0 Å². The smallest absolute Gasteiger partial charge is 0.418 e. The quantitative estimate of drug-likeness (QED) is 0.639. The van der Waals surface area contributed by atoms with Crippen molar-refractivity contribution >= 4 is 27.6 Å². The van der Waals surface area contributed by atoms with E-state index in [1.807, 2.05) is 0 Å². The van der Waals surface area contributed by atoms with Gasteiger partial charge < -0.3 is 10.1 Å². The summed E-state index contributed by atoms with van der Waals surface area (Å²) < 4.78 is 70.1. The van der Waals surface area contributed by atoms with Crippen molar-refractivity contribution in [2.24, 2.45) is 0 Å². The summed E-state index contributed by atoms with van der Waals surface area (Å²) in [7, 11) is -3.70. The van der Waals surface area contributed by atoms with Crippen molar-refractivity contribution < 1.29 is 35.9 Å². The van der Waals surface area contributed by atoms with E-state index in [1.165, 1.54) is 43.3 Å². The second kappa shape index (κ2) is 9.26. The van der Waals surface area contributed by atoms with Crippen LogP contribution in [0.3, 0.4) is 0 Å². The van der Waals surface area contributed by atoms with Gasteiger partial charge in [0.05, 0.1) is 21.7 Å². The Bertz CT molecular complexity index is 1020. The molecular formula is C19H19F3N2O5S. The molecule has 11 heteroatoms. The zero-order valence-corrected chi connectivity index (χ0v) is 16.8. The van der Waals surface area contributed by atoms with Gasteiger partial charge in [-0.05, 0) is 43.3 Å². The molecule has 0 aliphatic carbocycles. The van der Waals surface area contributed by atoms with Crippen LogP contribution in [0.15, 0.2) is 53.4 Å². The maximum Gasteiger partial charge on any atom is 0.418 e. The maximum absolute atomic E-state index is 13.0. The SMILES string of the molecule is CCNS(=O)(=O)c1ccc(C(=O)OC(C)C(=O)Nc2ccccc2C(F)(F)F)cc1. The maximum atomic E-state index is 13.0. The molecular weight excluding hydrogens is 425 g/mol. The molecule has 0 aromatic heterocycles. The van der Waals surface area contributed by atoms with E-state index >= 15 is 0 Å². The number of nitrogens with one attached hydrogen (secondary N) is 2. The summed E-state index contributed by atoms with van der Waals surface area (Å²) in [5.41, 5.74) is -1.52. The third-order valence-corrected chi connectivity index (χ3v) is 5.44. The van der Waals surface area contributed by atoms with Gasteiger partial charge in [0.25, 0.3) is 5.91 Å². The molecule has 1 unspecified atom stereocenters. The molecule has 0 radical (unpaired) electrons. The van der Waals surface area contributed by atoms with Crippen molar-refractivity contribution in [1.82, 2.24) is 4.72 Å². The molecule has 1 atom stereocenters. The highest BCUT2D eigenvalue weighted by atomic mass is 32.2. The van der Waals surface area contributed by atoms with E-state index in [4.69, 9.17) is 4.74 Å². The molecule has 0 heterocycles. The molecule has 30 heavy (non-hydrogen) atoms. The van der Waals surface area contributed by atoms with Crippen LogP contribution >= 0.6 is 0 Å². The van der Waals surface area contributed by atoms with E-state index in [0.717, 1.165) is 12.1 Å². The van der Waals surface area contributed by atoms with Gasteiger partial charge in [-0.15, -0.1) is 0 Å². The van der Waals surface area contributed by atoms with E-state index in [-0.39, 0.29) is 17.0 Å². The van der Waals surface area contributed by atoms with Gasteiger partial charge >= 0.3 is 12.1 Å². The van der Waals surface area contributed by atoms with E-state index < -0.39 is 45.4 Å². The lowest BCUT2D eigenvalue weighted by molar-refractivity contribution is -0.137. The van der Waals surface area contributed by atoms with Crippen LogP contribution in [0.1, 0.15) is 29.8 Å². The Morgan fingerprint density at radius 2 is 1.67 bits per heavy atom. The minimum Gasteiger partial charge on any atom is -0.449 e. The number of para-hydroxylation sites is 1. The topological polar surface area (TPSA) is 102 Å². The summed E-state index contributed by atoms with van der Waals surface area (Å²) in [5, 5.41) is 2.09. The number of sulfonamides is 1. The molecule has 0 aliphatic rings. The number of hydrogen-bond acceptors (Lipinski definition) is 5. The number of rotatable bonds is 7. The number of hydrogen-bond donors (Lipinski definition) is 2. The summed E-state index contributed by atoms with van der Waals surface area (Å²) in [4.78, 5) is 24.3. The Kier molecular flexibility index (Phi) is 7.21. The Morgan fingerprint density at radius 1 is 1.07 bits per heavy atom. The Hall–Kier alpha value is -2.92. The first-order valence-corrected chi connectivity index (χ1v) is 10.2. The third-order valence-electron chi connectivity index (χ3n) is 3.88. The van der Waals surface area contributed by atoms with Gasteiger partial charge in [0, 0.05) is 6.54 Å². The van der Waals surface area contributed by atoms with Gasteiger partial charge in [-0.1, -0.05) is 19.1 Å². The lowest BCUT2D eigenvalue weighted by atomic mass is 10.1. The molecule has 1 amide bonds. The molecule has 0 fully saturated rings. The largest absolute Gasteiger partial charge is 0.449 e. The van der Waals surface area contributed by atoms with Gasteiger partial charge in [0.1, 0.15) is 0 Å². The van der Waals surface area contributed by atoms with Crippen LogP contribution < -0.4 is 10.0 Å². The molecule has 0 aliphatic heterocycles. The van der Waals surface area contributed by atoms with Crippen molar-refractivity contribution in [3.63, 3.8) is 0 Å². The minimum atomic E-state index is -4.67. The predicted molar refractivity (Wildman–Crippen MR) is 102 cm³/mol. The van der Waals surface area contributed by atoms with E-state index in [0.29, 0.717) is 0 Å². The molecule has 2 rings (SSSR count). The second-order valence-electron chi connectivity index (χ2n) is 6.11. The monoisotopic (exact) mass is 444 g/mol. The van der Waals surface area contributed by atoms with Crippen LogP contribution in [0.25, 0.3) is 0 Å². The molecule has 2 N–H and O–H groups in total. The lowest BCUT2D eigenvalue weighted by Crippen LogP contribution is -2.30. The van der Waals surface area contributed by atoms with Gasteiger partial charge in [-0.25, -0.2) is 17.9 Å². The van der Waals surface area contributed by atoms with E-state index in [1.54, 1.807) is 6.92 Å². The zero-order valence-electron chi connectivity index (χ0n) is 16.0. The number of benzene rings is 2. The summed E-state index contributed by atoms with van der Waals surface area (Å²) in [6.45, 7) is 3.01. The molecule has 0 spiro atoms.